The van der Waals surface area contributed by atoms with Gasteiger partial charge in [0.2, 0.25) is 0 Å². The van der Waals surface area contributed by atoms with Gasteiger partial charge >= 0.3 is 0 Å². The zero-order chi connectivity index (χ0) is 27.7. The maximum absolute atomic E-state index is 2.41. The molecule has 6 aromatic heterocycles. The Bertz CT molecular complexity index is 2520. The number of benzene rings is 4. The molecule has 0 fully saturated rings. The molecule has 0 saturated heterocycles. The van der Waals surface area contributed by atoms with Crippen LogP contribution in [0.4, 0.5) is 0 Å². The summed E-state index contributed by atoms with van der Waals surface area (Å²) in [7, 11) is 0. The first-order valence-electron chi connectivity index (χ1n) is 13.8. The third-order valence-electron chi connectivity index (χ3n) is 8.29. The van der Waals surface area contributed by atoms with Gasteiger partial charge in [-0.1, -0.05) is 24.3 Å². The number of hydrogen-bond acceptors (Lipinski definition) is 6. The van der Waals surface area contributed by atoms with Gasteiger partial charge in [-0.25, -0.2) is 0 Å². The fourth-order valence-corrected chi connectivity index (χ4v) is 13.1. The molecule has 42 heavy (non-hydrogen) atoms. The van der Waals surface area contributed by atoms with Crippen molar-refractivity contribution in [2.45, 2.75) is 13.8 Å². The van der Waals surface area contributed by atoms with Crippen molar-refractivity contribution in [3.05, 3.63) is 94.7 Å². The molecule has 0 aliphatic heterocycles. The molecule has 0 N–H and O–H groups in total. The van der Waals surface area contributed by atoms with Crippen LogP contribution in [-0.4, -0.2) is 0 Å². The molecular formula is C36H20S6. The SMILES string of the molecule is Cc1cc2c(ccc3sc(-c4ccc5c(c4)sc4c6ccc(-c7cc8c(ccc9sc(C)cc98)s7)cc6sc54)cc32)s1. The normalized spacial score (nSPS) is 12.5. The lowest BCUT2D eigenvalue weighted by Gasteiger charge is -1.99. The largest absolute Gasteiger partial charge is 0.141 e. The van der Waals surface area contributed by atoms with Crippen molar-refractivity contribution in [2.75, 3.05) is 0 Å². The standard InChI is InChI=1S/C36H20S6/c1-17-11-23-25-15-31(39-29(25)9-7-27(23)37-17)19-3-5-21-33(13-19)41-36-22-6-4-20(14-34(22)42-35(21)36)32-16-26-24-12-18(2)38-28(24)8-10-30(26)40-32/h3-16H,1-2H3. The molecule has 6 heterocycles. The van der Waals surface area contributed by atoms with Gasteiger partial charge in [-0.2, -0.15) is 0 Å². The highest BCUT2D eigenvalue weighted by Gasteiger charge is 2.16. The van der Waals surface area contributed by atoms with Gasteiger partial charge in [-0.05, 0) is 85.6 Å². The zero-order valence-corrected chi connectivity index (χ0v) is 27.4. The molecule has 0 amide bonds. The minimum atomic E-state index is 1.32. The highest BCUT2D eigenvalue weighted by atomic mass is 32.1. The van der Waals surface area contributed by atoms with E-state index in [1.165, 1.54) is 101 Å². The second kappa shape index (κ2) is 8.73. The van der Waals surface area contributed by atoms with Crippen LogP contribution in [0.1, 0.15) is 9.75 Å². The van der Waals surface area contributed by atoms with E-state index in [2.05, 4.69) is 98.8 Å². The van der Waals surface area contributed by atoms with Crippen LogP contribution in [0.2, 0.25) is 0 Å². The van der Waals surface area contributed by atoms with Gasteiger partial charge < -0.3 is 0 Å². The minimum Gasteiger partial charge on any atom is -0.141 e. The maximum atomic E-state index is 2.41. The number of aryl methyl sites for hydroxylation is 2. The van der Waals surface area contributed by atoms with Crippen LogP contribution in [0, 0.1) is 13.8 Å². The predicted octanol–water partition coefficient (Wildman–Crippen LogP) is 14.1. The summed E-state index contributed by atoms with van der Waals surface area (Å²) in [6.07, 6.45) is 0. The summed E-state index contributed by atoms with van der Waals surface area (Å²) in [4.78, 5) is 5.46. The van der Waals surface area contributed by atoms with Gasteiger partial charge in [0.15, 0.2) is 0 Å². The first kappa shape index (κ1) is 24.4. The Balaban J connectivity index is 1.07. The van der Waals surface area contributed by atoms with Crippen molar-refractivity contribution in [3.8, 4) is 20.9 Å². The van der Waals surface area contributed by atoms with Crippen molar-refractivity contribution in [1.29, 1.82) is 0 Å². The maximum Gasteiger partial charge on any atom is 0.0542 e. The lowest BCUT2D eigenvalue weighted by atomic mass is 10.1. The summed E-state index contributed by atoms with van der Waals surface area (Å²) in [5.74, 6) is 0. The minimum absolute atomic E-state index is 1.32. The van der Waals surface area contributed by atoms with Crippen molar-refractivity contribution in [3.63, 3.8) is 0 Å². The summed E-state index contributed by atoms with van der Waals surface area (Å²) in [6, 6.07) is 32.9. The van der Waals surface area contributed by atoms with E-state index in [0.717, 1.165) is 0 Å². The quantitative estimate of drug-likeness (QED) is 0.176. The fourth-order valence-electron chi connectivity index (χ4n) is 6.36. The van der Waals surface area contributed by atoms with Gasteiger partial charge in [0.1, 0.15) is 0 Å². The molecule has 0 saturated carbocycles. The van der Waals surface area contributed by atoms with Gasteiger partial charge in [0, 0.05) is 80.0 Å². The van der Waals surface area contributed by atoms with Crippen molar-refractivity contribution < 1.29 is 0 Å². The second-order valence-electron chi connectivity index (χ2n) is 11.0. The van der Waals surface area contributed by atoms with E-state index >= 15 is 0 Å². The van der Waals surface area contributed by atoms with E-state index in [0.29, 0.717) is 0 Å². The lowest BCUT2D eigenvalue weighted by molar-refractivity contribution is 1.66. The van der Waals surface area contributed by atoms with E-state index in [1.54, 1.807) is 0 Å². The number of hydrogen-bond donors (Lipinski definition) is 0. The molecule has 0 bridgehead atoms. The van der Waals surface area contributed by atoms with Crippen molar-refractivity contribution >= 4 is 138 Å². The Morgan fingerprint density at radius 3 is 1.19 bits per heavy atom. The molecule has 200 valence electrons. The molecular weight excluding hydrogens is 625 g/mol. The first-order chi connectivity index (χ1) is 20.6. The fraction of sp³-hybridized carbons (Fsp3) is 0.0556. The van der Waals surface area contributed by atoms with E-state index in [1.807, 2.05) is 68.0 Å². The Hall–Kier alpha value is -3.10. The summed E-state index contributed by atoms with van der Waals surface area (Å²) < 4.78 is 11.1. The zero-order valence-electron chi connectivity index (χ0n) is 22.5. The van der Waals surface area contributed by atoms with Gasteiger partial charge in [0.05, 0.1) is 9.40 Å². The molecule has 0 nitrogen and oxygen atoms in total. The van der Waals surface area contributed by atoms with E-state index < -0.39 is 0 Å². The molecule has 0 aliphatic rings. The molecule has 0 spiro atoms. The van der Waals surface area contributed by atoms with Crippen LogP contribution in [0.25, 0.3) is 90.8 Å². The van der Waals surface area contributed by atoms with E-state index in [9.17, 15) is 0 Å². The molecule has 4 aromatic carbocycles. The monoisotopic (exact) mass is 644 g/mol. The highest BCUT2D eigenvalue weighted by molar-refractivity contribution is 7.36. The third kappa shape index (κ3) is 3.48. The summed E-state index contributed by atoms with van der Waals surface area (Å²) in [5.41, 5.74) is 2.65. The van der Waals surface area contributed by atoms with Crippen LogP contribution in [0.5, 0.6) is 0 Å². The van der Waals surface area contributed by atoms with E-state index in [4.69, 9.17) is 0 Å². The summed E-state index contributed by atoms with van der Waals surface area (Å²) in [5, 5.41) is 8.34. The Morgan fingerprint density at radius 2 is 0.738 bits per heavy atom. The predicted molar refractivity (Wildman–Crippen MR) is 197 cm³/mol. The number of fused-ring (bicyclic) bond motifs is 11. The highest BCUT2D eigenvalue weighted by Crippen LogP contribution is 2.48. The van der Waals surface area contributed by atoms with Gasteiger partial charge in [0.25, 0.3) is 0 Å². The van der Waals surface area contributed by atoms with Crippen LogP contribution in [0.3, 0.4) is 0 Å². The lowest BCUT2D eigenvalue weighted by Crippen LogP contribution is -1.71. The molecule has 10 aromatic rings. The van der Waals surface area contributed by atoms with Crippen LogP contribution < -0.4 is 0 Å². The summed E-state index contributed by atoms with van der Waals surface area (Å²) in [6.45, 7) is 4.41. The van der Waals surface area contributed by atoms with Gasteiger partial charge in [-0.15, -0.1) is 68.0 Å². The average molecular weight is 645 g/mol. The van der Waals surface area contributed by atoms with Crippen LogP contribution >= 0.6 is 68.0 Å². The average Bonchev–Trinajstić information content (AvgIpc) is 3.81. The molecule has 6 heteroatoms. The van der Waals surface area contributed by atoms with Crippen LogP contribution in [-0.2, 0) is 0 Å². The number of rotatable bonds is 2. The van der Waals surface area contributed by atoms with Crippen LogP contribution in [0.15, 0.2) is 84.9 Å². The van der Waals surface area contributed by atoms with Crippen molar-refractivity contribution in [2.24, 2.45) is 0 Å². The third-order valence-corrected chi connectivity index (χ3v) is 15.1. The Morgan fingerprint density at radius 1 is 0.333 bits per heavy atom. The molecule has 0 atom stereocenters. The van der Waals surface area contributed by atoms with E-state index in [-0.39, 0.29) is 0 Å². The summed E-state index contributed by atoms with van der Waals surface area (Å²) >= 11 is 11.5. The van der Waals surface area contributed by atoms with Crippen molar-refractivity contribution in [1.82, 2.24) is 0 Å². The molecule has 0 unspecified atom stereocenters. The van der Waals surface area contributed by atoms with Gasteiger partial charge in [-0.3, -0.25) is 0 Å². The molecule has 0 radical (unpaired) electrons. The first-order valence-corrected chi connectivity index (χ1v) is 18.7. The topological polar surface area (TPSA) is 0 Å². The molecule has 10 rings (SSSR count). The Kier molecular flexibility index (Phi) is 5.06. The number of thiophene rings is 6. The Labute approximate surface area is 265 Å². The molecule has 0 aliphatic carbocycles. The second-order valence-corrected chi connectivity index (χ2v) is 17.8. The smallest absolute Gasteiger partial charge is 0.0542 e.